The van der Waals surface area contributed by atoms with Crippen molar-refractivity contribution in [1.82, 2.24) is 0 Å². The number of rotatable bonds is 0. The standard InChI is InChI=1S/C12H21NO/c1-10-5-4-6-12(14,9-10)8-7-11(2,3)13/h10,14H,4-6,9,13H2,1-3H3. The maximum atomic E-state index is 10.2. The van der Waals surface area contributed by atoms with Gasteiger partial charge >= 0.3 is 0 Å². The van der Waals surface area contributed by atoms with Crippen molar-refractivity contribution in [2.45, 2.75) is 57.6 Å². The highest BCUT2D eigenvalue weighted by Gasteiger charge is 2.30. The first-order valence-electron chi connectivity index (χ1n) is 5.36. The van der Waals surface area contributed by atoms with Crippen LogP contribution in [0.15, 0.2) is 0 Å². The minimum absolute atomic E-state index is 0.504. The zero-order valence-corrected chi connectivity index (χ0v) is 9.43. The van der Waals surface area contributed by atoms with E-state index >= 15 is 0 Å². The fourth-order valence-corrected chi connectivity index (χ4v) is 1.91. The van der Waals surface area contributed by atoms with Gasteiger partial charge in [0.25, 0.3) is 0 Å². The molecule has 0 amide bonds. The van der Waals surface area contributed by atoms with Crippen LogP contribution in [-0.4, -0.2) is 16.2 Å². The summed E-state index contributed by atoms with van der Waals surface area (Å²) in [4.78, 5) is 0. The lowest BCUT2D eigenvalue weighted by Crippen LogP contribution is -2.35. The molecular weight excluding hydrogens is 174 g/mol. The van der Waals surface area contributed by atoms with Crippen LogP contribution in [0.3, 0.4) is 0 Å². The lowest BCUT2D eigenvalue weighted by molar-refractivity contribution is 0.0408. The fraction of sp³-hybridized carbons (Fsp3) is 0.833. The third-order valence-corrected chi connectivity index (χ3v) is 2.59. The van der Waals surface area contributed by atoms with Crippen LogP contribution in [0.5, 0.6) is 0 Å². The second-order valence-corrected chi connectivity index (χ2v) is 5.20. The third kappa shape index (κ3) is 3.69. The Labute approximate surface area is 86.9 Å². The van der Waals surface area contributed by atoms with Gasteiger partial charge in [-0.3, -0.25) is 0 Å². The van der Waals surface area contributed by atoms with Crippen molar-refractivity contribution < 1.29 is 5.11 Å². The lowest BCUT2D eigenvalue weighted by atomic mass is 9.79. The van der Waals surface area contributed by atoms with E-state index in [0.717, 1.165) is 19.3 Å². The van der Waals surface area contributed by atoms with Gasteiger partial charge in [0.05, 0.1) is 5.54 Å². The van der Waals surface area contributed by atoms with Gasteiger partial charge in [0, 0.05) is 0 Å². The maximum Gasteiger partial charge on any atom is 0.125 e. The van der Waals surface area contributed by atoms with Crippen molar-refractivity contribution in [2.24, 2.45) is 11.7 Å². The molecule has 0 saturated heterocycles. The van der Waals surface area contributed by atoms with E-state index in [4.69, 9.17) is 5.73 Å². The van der Waals surface area contributed by atoms with E-state index in [9.17, 15) is 5.11 Å². The van der Waals surface area contributed by atoms with Gasteiger partial charge in [-0.15, -0.1) is 0 Å². The molecule has 0 aliphatic heterocycles. The van der Waals surface area contributed by atoms with Crippen LogP contribution < -0.4 is 5.73 Å². The van der Waals surface area contributed by atoms with Gasteiger partial charge in [-0.1, -0.05) is 25.2 Å². The molecule has 1 saturated carbocycles. The van der Waals surface area contributed by atoms with E-state index in [0.29, 0.717) is 5.92 Å². The first-order valence-corrected chi connectivity index (χ1v) is 5.36. The Kier molecular flexibility index (Phi) is 3.24. The highest BCUT2D eigenvalue weighted by atomic mass is 16.3. The van der Waals surface area contributed by atoms with Gasteiger partial charge in [0.2, 0.25) is 0 Å². The molecule has 0 bridgehead atoms. The molecule has 2 atom stereocenters. The van der Waals surface area contributed by atoms with Crippen molar-refractivity contribution in [3.8, 4) is 11.8 Å². The van der Waals surface area contributed by atoms with E-state index in [1.54, 1.807) is 0 Å². The van der Waals surface area contributed by atoms with Gasteiger partial charge in [0.15, 0.2) is 0 Å². The summed E-state index contributed by atoms with van der Waals surface area (Å²) in [5, 5.41) is 10.2. The molecule has 1 fully saturated rings. The predicted molar refractivity (Wildman–Crippen MR) is 58.6 cm³/mol. The molecule has 0 heterocycles. The fourth-order valence-electron chi connectivity index (χ4n) is 1.91. The molecule has 1 rings (SSSR count). The number of aliphatic hydroxyl groups is 1. The molecule has 0 radical (unpaired) electrons. The van der Waals surface area contributed by atoms with E-state index in [1.165, 1.54) is 6.42 Å². The van der Waals surface area contributed by atoms with Crippen LogP contribution in [0.25, 0.3) is 0 Å². The molecule has 2 heteroatoms. The summed E-state index contributed by atoms with van der Waals surface area (Å²) in [5.41, 5.74) is 4.47. The average Bonchev–Trinajstić information content (AvgIpc) is 1.99. The van der Waals surface area contributed by atoms with Crippen molar-refractivity contribution >= 4 is 0 Å². The monoisotopic (exact) mass is 195 g/mol. The SMILES string of the molecule is CC1CCCC(O)(C#CC(C)(C)N)C1. The molecule has 2 nitrogen and oxygen atoms in total. The molecule has 2 unspecified atom stereocenters. The zero-order valence-electron chi connectivity index (χ0n) is 9.43. The highest BCUT2D eigenvalue weighted by molar-refractivity contribution is 5.21. The largest absolute Gasteiger partial charge is 0.378 e. The van der Waals surface area contributed by atoms with E-state index < -0.39 is 11.1 Å². The Bertz CT molecular complexity index is 256. The van der Waals surface area contributed by atoms with Gasteiger partial charge in [-0.05, 0) is 39.0 Å². The molecular formula is C12H21NO. The summed E-state index contributed by atoms with van der Waals surface area (Å²) in [7, 11) is 0. The summed E-state index contributed by atoms with van der Waals surface area (Å²) >= 11 is 0. The van der Waals surface area contributed by atoms with Gasteiger partial charge in [-0.2, -0.15) is 0 Å². The first-order chi connectivity index (χ1) is 6.31. The average molecular weight is 195 g/mol. The highest BCUT2D eigenvalue weighted by Crippen LogP contribution is 2.31. The summed E-state index contributed by atoms with van der Waals surface area (Å²) in [6.07, 6.45) is 3.85. The number of nitrogens with two attached hydrogens (primary N) is 1. The van der Waals surface area contributed by atoms with E-state index in [1.807, 2.05) is 13.8 Å². The minimum Gasteiger partial charge on any atom is -0.378 e. The molecule has 3 N–H and O–H groups in total. The predicted octanol–water partition coefficient (Wildman–Crippen LogP) is 1.67. The van der Waals surface area contributed by atoms with Crippen LogP contribution in [0.4, 0.5) is 0 Å². The smallest absolute Gasteiger partial charge is 0.125 e. The van der Waals surface area contributed by atoms with Gasteiger partial charge in [-0.25, -0.2) is 0 Å². The molecule has 0 aromatic carbocycles. The molecule has 1 aliphatic carbocycles. The van der Waals surface area contributed by atoms with Crippen molar-refractivity contribution in [2.75, 3.05) is 0 Å². The second kappa shape index (κ2) is 3.92. The Balaban J connectivity index is 2.68. The quantitative estimate of drug-likeness (QED) is 0.578. The van der Waals surface area contributed by atoms with Gasteiger partial charge < -0.3 is 10.8 Å². The molecule has 0 spiro atoms. The van der Waals surface area contributed by atoms with E-state index in [2.05, 4.69) is 18.8 Å². The number of hydrogen-bond acceptors (Lipinski definition) is 2. The second-order valence-electron chi connectivity index (χ2n) is 5.20. The lowest BCUT2D eigenvalue weighted by Gasteiger charge is -2.31. The Morgan fingerprint density at radius 1 is 1.50 bits per heavy atom. The van der Waals surface area contributed by atoms with Crippen LogP contribution in [0.1, 0.15) is 46.5 Å². The van der Waals surface area contributed by atoms with Crippen LogP contribution in [0, 0.1) is 17.8 Å². The minimum atomic E-state index is -0.783. The molecule has 0 aromatic heterocycles. The van der Waals surface area contributed by atoms with Crippen LogP contribution in [0.2, 0.25) is 0 Å². The summed E-state index contributed by atoms with van der Waals surface area (Å²) in [5.74, 6) is 6.45. The summed E-state index contributed by atoms with van der Waals surface area (Å²) < 4.78 is 0. The van der Waals surface area contributed by atoms with Crippen molar-refractivity contribution in [3.63, 3.8) is 0 Å². The first kappa shape index (κ1) is 11.6. The Morgan fingerprint density at radius 2 is 2.14 bits per heavy atom. The third-order valence-electron chi connectivity index (χ3n) is 2.59. The van der Waals surface area contributed by atoms with Crippen LogP contribution >= 0.6 is 0 Å². The Morgan fingerprint density at radius 3 is 2.64 bits per heavy atom. The number of hydrogen-bond donors (Lipinski definition) is 2. The summed E-state index contributed by atoms with van der Waals surface area (Å²) in [6, 6.07) is 0. The topological polar surface area (TPSA) is 46.2 Å². The van der Waals surface area contributed by atoms with Crippen molar-refractivity contribution in [3.05, 3.63) is 0 Å². The maximum absolute atomic E-state index is 10.2. The zero-order chi connectivity index (χ0) is 10.8. The molecule has 0 aromatic rings. The normalized spacial score (nSPS) is 33.4. The van der Waals surface area contributed by atoms with Crippen LogP contribution in [-0.2, 0) is 0 Å². The molecule has 14 heavy (non-hydrogen) atoms. The van der Waals surface area contributed by atoms with E-state index in [-0.39, 0.29) is 0 Å². The van der Waals surface area contributed by atoms with Gasteiger partial charge in [0.1, 0.15) is 5.60 Å². The Hall–Kier alpha value is -0.520. The molecule has 1 aliphatic rings. The van der Waals surface area contributed by atoms with Crippen molar-refractivity contribution in [1.29, 1.82) is 0 Å². The summed E-state index contributed by atoms with van der Waals surface area (Å²) in [6.45, 7) is 5.88. The molecule has 80 valence electrons.